The standard InChI is InChI=1S/C19H26N6O2/c1-14-15(12-22-23-14)11-21-19(26)25-10-6-16(13-25)27-17-5-4-7-20-18(17)24-8-2-3-9-24/h4-5,7,12,16H,2-3,6,8-11,13H2,1H3,(H,21,26)(H,22,23). The minimum atomic E-state index is -0.0624. The second-order valence-electron chi connectivity index (χ2n) is 7.17. The van der Waals surface area contributed by atoms with Crippen molar-refractivity contribution in [3.63, 3.8) is 0 Å². The lowest BCUT2D eigenvalue weighted by molar-refractivity contribution is 0.186. The predicted octanol–water partition coefficient (Wildman–Crippen LogP) is 2.08. The van der Waals surface area contributed by atoms with Crippen LogP contribution in [-0.2, 0) is 6.54 Å². The average Bonchev–Trinajstić information content (AvgIpc) is 3.43. The monoisotopic (exact) mass is 370 g/mol. The molecule has 8 nitrogen and oxygen atoms in total. The van der Waals surface area contributed by atoms with Crippen molar-refractivity contribution in [1.82, 2.24) is 25.4 Å². The molecule has 0 aromatic carbocycles. The molecule has 2 aromatic heterocycles. The summed E-state index contributed by atoms with van der Waals surface area (Å²) in [6, 6.07) is 3.82. The number of rotatable bonds is 5. The summed E-state index contributed by atoms with van der Waals surface area (Å²) < 4.78 is 6.23. The third-order valence-electron chi connectivity index (χ3n) is 5.25. The summed E-state index contributed by atoms with van der Waals surface area (Å²) in [5.74, 6) is 1.74. The minimum Gasteiger partial charge on any atom is -0.485 e. The molecule has 4 rings (SSSR count). The Morgan fingerprint density at radius 3 is 3.00 bits per heavy atom. The smallest absolute Gasteiger partial charge is 0.317 e. The fourth-order valence-corrected chi connectivity index (χ4v) is 3.67. The number of urea groups is 1. The quantitative estimate of drug-likeness (QED) is 0.842. The lowest BCUT2D eigenvalue weighted by atomic mass is 10.3. The molecule has 2 amide bonds. The van der Waals surface area contributed by atoms with Crippen molar-refractivity contribution >= 4 is 11.8 Å². The van der Waals surface area contributed by atoms with E-state index in [1.807, 2.05) is 30.2 Å². The molecule has 0 aliphatic carbocycles. The fourth-order valence-electron chi connectivity index (χ4n) is 3.67. The van der Waals surface area contributed by atoms with Gasteiger partial charge in [0.1, 0.15) is 6.10 Å². The highest BCUT2D eigenvalue weighted by Gasteiger charge is 2.29. The molecule has 4 heterocycles. The highest BCUT2D eigenvalue weighted by molar-refractivity contribution is 5.74. The van der Waals surface area contributed by atoms with Crippen LogP contribution in [-0.4, -0.2) is 58.4 Å². The molecular formula is C19H26N6O2. The van der Waals surface area contributed by atoms with Gasteiger partial charge in [-0.2, -0.15) is 5.10 Å². The number of ether oxygens (including phenoxy) is 1. The molecule has 8 heteroatoms. The number of nitrogens with one attached hydrogen (secondary N) is 2. The maximum atomic E-state index is 12.4. The van der Waals surface area contributed by atoms with Gasteiger partial charge in [-0.25, -0.2) is 9.78 Å². The zero-order valence-electron chi connectivity index (χ0n) is 15.6. The second-order valence-corrected chi connectivity index (χ2v) is 7.17. The maximum absolute atomic E-state index is 12.4. The number of amides is 2. The number of aromatic amines is 1. The summed E-state index contributed by atoms with van der Waals surface area (Å²) in [5, 5.41) is 9.82. The highest BCUT2D eigenvalue weighted by atomic mass is 16.5. The van der Waals surface area contributed by atoms with E-state index in [0.29, 0.717) is 19.6 Å². The summed E-state index contributed by atoms with van der Waals surface area (Å²) in [6.45, 7) is 5.76. The van der Waals surface area contributed by atoms with Crippen LogP contribution in [0, 0.1) is 6.92 Å². The average molecular weight is 370 g/mol. The van der Waals surface area contributed by atoms with Crippen LogP contribution >= 0.6 is 0 Å². The minimum absolute atomic E-state index is 0.00281. The molecule has 2 N–H and O–H groups in total. The van der Waals surface area contributed by atoms with E-state index in [0.717, 1.165) is 42.3 Å². The van der Waals surface area contributed by atoms with E-state index in [-0.39, 0.29) is 12.1 Å². The summed E-state index contributed by atoms with van der Waals surface area (Å²) in [5.41, 5.74) is 1.98. The molecule has 144 valence electrons. The molecule has 2 aliphatic heterocycles. The Kier molecular flexibility index (Phi) is 5.13. The molecule has 0 saturated carbocycles. The number of carbonyl (C=O) groups excluding carboxylic acids is 1. The van der Waals surface area contributed by atoms with Crippen LogP contribution in [0.4, 0.5) is 10.6 Å². The fraction of sp³-hybridized carbons (Fsp3) is 0.526. The van der Waals surface area contributed by atoms with E-state index in [1.54, 1.807) is 6.20 Å². The molecule has 2 saturated heterocycles. The Balaban J connectivity index is 1.32. The first-order chi connectivity index (χ1) is 13.2. The van der Waals surface area contributed by atoms with Crippen LogP contribution in [0.15, 0.2) is 24.5 Å². The van der Waals surface area contributed by atoms with Crippen molar-refractivity contribution in [3.8, 4) is 5.75 Å². The summed E-state index contributed by atoms with van der Waals surface area (Å²) in [7, 11) is 0. The number of carbonyl (C=O) groups is 1. The lowest BCUT2D eigenvalue weighted by Gasteiger charge is -2.22. The lowest BCUT2D eigenvalue weighted by Crippen LogP contribution is -2.39. The number of pyridine rings is 1. The van der Waals surface area contributed by atoms with Gasteiger partial charge >= 0.3 is 6.03 Å². The first-order valence-electron chi connectivity index (χ1n) is 9.59. The Hall–Kier alpha value is -2.77. The Labute approximate surface area is 158 Å². The predicted molar refractivity (Wildman–Crippen MR) is 102 cm³/mol. The number of aryl methyl sites for hydroxylation is 1. The second kappa shape index (κ2) is 7.85. The van der Waals surface area contributed by atoms with Crippen LogP contribution in [0.5, 0.6) is 5.75 Å². The SMILES string of the molecule is Cc1[nH]ncc1CNC(=O)N1CCC(Oc2cccnc2N2CCCC2)C1. The van der Waals surface area contributed by atoms with E-state index < -0.39 is 0 Å². The number of likely N-dealkylation sites (tertiary alicyclic amines) is 1. The van der Waals surface area contributed by atoms with Crippen molar-refractivity contribution in [2.24, 2.45) is 0 Å². The Morgan fingerprint density at radius 2 is 2.22 bits per heavy atom. The largest absolute Gasteiger partial charge is 0.485 e. The van der Waals surface area contributed by atoms with Gasteiger partial charge in [0.25, 0.3) is 0 Å². The van der Waals surface area contributed by atoms with Crippen molar-refractivity contribution in [1.29, 1.82) is 0 Å². The Bertz CT molecular complexity index is 786. The van der Waals surface area contributed by atoms with E-state index in [1.165, 1.54) is 12.8 Å². The normalized spacial score (nSPS) is 19.5. The number of H-pyrrole nitrogens is 1. The van der Waals surface area contributed by atoms with E-state index in [4.69, 9.17) is 4.74 Å². The van der Waals surface area contributed by atoms with E-state index in [2.05, 4.69) is 25.4 Å². The number of hydrogen-bond donors (Lipinski definition) is 2. The first kappa shape index (κ1) is 17.6. The third-order valence-corrected chi connectivity index (χ3v) is 5.25. The van der Waals surface area contributed by atoms with Crippen LogP contribution in [0.3, 0.4) is 0 Å². The molecule has 0 bridgehead atoms. The summed E-state index contributed by atoms with van der Waals surface area (Å²) in [4.78, 5) is 21.0. The van der Waals surface area contributed by atoms with Crippen LogP contribution in [0.25, 0.3) is 0 Å². The van der Waals surface area contributed by atoms with Crippen molar-refractivity contribution < 1.29 is 9.53 Å². The number of aromatic nitrogens is 3. The maximum Gasteiger partial charge on any atom is 0.317 e. The molecule has 2 aliphatic rings. The summed E-state index contributed by atoms with van der Waals surface area (Å²) >= 11 is 0. The van der Waals surface area contributed by atoms with Crippen LogP contribution in [0.2, 0.25) is 0 Å². The molecule has 0 radical (unpaired) electrons. The van der Waals surface area contributed by atoms with Gasteiger partial charge in [-0.1, -0.05) is 0 Å². The van der Waals surface area contributed by atoms with E-state index in [9.17, 15) is 4.79 Å². The topological polar surface area (TPSA) is 86.4 Å². The number of hydrogen-bond acceptors (Lipinski definition) is 5. The molecule has 1 unspecified atom stereocenters. The van der Waals surface area contributed by atoms with Crippen molar-refractivity contribution in [2.45, 2.75) is 38.8 Å². The zero-order chi connectivity index (χ0) is 18.6. The van der Waals surface area contributed by atoms with Gasteiger partial charge in [0.05, 0.1) is 12.7 Å². The number of nitrogens with zero attached hydrogens (tertiary/aromatic N) is 4. The van der Waals surface area contributed by atoms with Crippen molar-refractivity contribution in [3.05, 3.63) is 35.8 Å². The highest BCUT2D eigenvalue weighted by Crippen LogP contribution is 2.30. The van der Waals surface area contributed by atoms with Gasteiger partial charge < -0.3 is 19.9 Å². The molecular weight excluding hydrogens is 344 g/mol. The van der Waals surface area contributed by atoms with Crippen molar-refractivity contribution in [2.75, 3.05) is 31.1 Å². The summed E-state index contributed by atoms with van der Waals surface area (Å²) in [6.07, 6.45) is 6.78. The van der Waals surface area contributed by atoms with Gasteiger partial charge in [-0.05, 0) is 31.9 Å². The molecule has 0 spiro atoms. The third kappa shape index (κ3) is 3.99. The number of anilines is 1. The molecule has 2 fully saturated rings. The van der Waals surface area contributed by atoms with Gasteiger partial charge in [0, 0.05) is 50.1 Å². The zero-order valence-corrected chi connectivity index (χ0v) is 15.6. The van der Waals surface area contributed by atoms with Crippen LogP contribution in [0.1, 0.15) is 30.5 Å². The molecule has 27 heavy (non-hydrogen) atoms. The van der Waals surface area contributed by atoms with E-state index >= 15 is 0 Å². The van der Waals surface area contributed by atoms with Crippen LogP contribution < -0.4 is 15.0 Å². The van der Waals surface area contributed by atoms with Gasteiger partial charge in [0.2, 0.25) is 0 Å². The molecule has 2 aromatic rings. The van der Waals surface area contributed by atoms with Gasteiger partial charge in [-0.15, -0.1) is 0 Å². The molecule has 1 atom stereocenters. The Morgan fingerprint density at radius 1 is 1.37 bits per heavy atom. The van der Waals surface area contributed by atoms with Gasteiger partial charge in [0.15, 0.2) is 11.6 Å². The van der Waals surface area contributed by atoms with Gasteiger partial charge in [-0.3, -0.25) is 5.10 Å². The first-order valence-corrected chi connectivity index (χ1v) is 9.59.